The van der Waals surface area contributed by atoms with E-state index < -0.39 is 10.0 Å². The molecule has 6 nitrogen and oxygen atoms in total. The van der Waals surface area contributed by atoms with Crippen molar-refractivity contribution in [1.82, 2.24) is 14.9 Å². The van der Waals surface area contributed by atoms with Gasteiger partial charge in [0.05, 0.1) is 4.90 Å². The highest BCUT2D eigenvalue weighted by Gasteiger charge is 2.21. The molecule has 0 fully saturated rings. The summed E-state index contributed by atoms with van der Waals surface area (Å²) in [5.41, 5.74) is 2.16. The minimum Gasteiger partial charge on any atom is -0.351 e. The van der Waals surface area contributed by atoms with E-state index in [1.165, 1.54) is 35.7 Å². The van der Waals surface area contributed by atoms with Gasteiger partial charge in [0.1, 0.15) is 0 Å². The normalized spacial score (nSPS) is 16.1. The number of nitrogens with zero attached hydrogens (tertiary/aromatic N) is 1. The van der Waals surface area contributed by atoms with Crippen molar-refractivity contribution in [3.63, 3.8) is 0 Å². The Hall–Kier alpha value is -2.00. The first-order valence-electron chi connectivity index (χ1n) is 9.18. The Balaban J connectivity index is 1.49. The first-order valence-corrected chi connectivity index (χ1v) is 11.5. The molecule has 3 rings (SSSR count). The lowest BCUT2D eigenvalue weighted by Gasteiger charge is -2.32. The Morgan fingerprint density at radius 2 is 2.04 bits per heavy atom. The van der Waals surface area contributed by atoms with Crippen molar-refractivity contribution < 1.29 is 13.2 Å². The van der Waals surface area contributed by atoms with Crippen molar-refractivity contribution in [2.45, 2.75) is 30.8 Å². The molecule has 2 heterocycles. The number of hydrogen-bond acceptors (Lipinski definition) is 5. The van der Waals surface area contributed by atoms with Gasteiger partial charge in [0.2, 0.25) is 15.9 Å². The van der Waals surface area contributed by atoms with Crippen LogP contribution in [0.1, 0.15) is 22.9 Å². The predicted octanol–water partition coefficient (Wildman–Crippen LogP) is 2.23. The van der Waals surface area contributed by atoms with Gasteiger partial charge in [-0.1, -0.05) is 12.1 Å². The fraction of sp³-hybridized carbons (Fsp3) is 0.350. The molecule has 0 saturated heterocycles. The highest BCUT2D eigenvalue weighted by molar-refractivity contribution is 7.89. The Kier molecular flexibility index (Phi) is 6.66. The van der Waals surface area contributed by atoms with Gasteiger partial charge in [0, 0.05) is 36.6 Å². The molecule has 1 atom stereocenters. The summed E-state index contributed by atoms with van der Waals surface area (Å²) >= 11 is 1.82. The minimum absolute atomic E-state index is 0.160. The maximum atomic E-state index is 12.1. The van der Waals surface area contributed by atoms with Crippen molar-refractivity contribution in [2.24, 2.45) is 0 Å². The fourth-order valence-electron chi connectivity index (χ4n) is 3.13. The third-order valence-electron chi connectivity index (χ3n) is 4.92. The smallest absolute Gasteiger partial charge is 0.244 e. The van der Waals surface area contributed by atoms with Gasteiger partial charge < -0.3 is 5.32 Å². The molecule has 0 saturated carbocycles. The largest absolute Gasteiger partial charge is 0.351 e. The van der Waals surface area contributed by atoms with Crippen molar-refractivity contribution >= 4 is 33.3 Å². The van der Waals surface area contributed by atoms with E-state index in [0.717, 1.165) is 25.1 Å². The molecule has 1 amide bonds. The van der Waals surface area contributed by atoms with Crippen LogP contribution in [0.4, 0.5) is 0 Å². The number of rotatable bonds is 7. The van der Waals surface area contributed by atoms with Crippen LogP contribution in [0.25, 0.3) is 6.08 Å². The molecule has 0 aliphatic carbocycles. The van der Waals surface area contributed by atoms with Gasteiger partial charge >= 0.3 is 0 Å². The summed E-state index contributed by atoms with van der Waals surface area (Å²) in [7, 11) is -2.07. The first-order chi connectivity index (χ1) is 13.4. The minimum atomic E-state index is -3.45. The lowest BCUT2D eigenvalue weighted by molar-refractivity contribution is -0.116. The van der Waals surface area contributed by atoms with E-state index >= 15 is 0 Å². The van der Waals surface area contributed by atoms with Crippen LogP contribution in [0.5, 0.6) is 0 Å². The van der Waals surface area contributed by atoms with Crippen LogP contribution < -0.4 is 10.0 Å². The SMILES string of the molecule is CNS(=O)(=O)c1ccc(/C=C/C(=O)NCC(C)N2CCc3sccc3C2)cc1. The number of amides is 1. The Morgan fingerprint density at radius 3 is 2.75 bits per heavy atom. The second-order valence-corrected chi connectivity index (χ2v) is 9.68. The lowest BCUT2D eigenvalue weighted by atomic mass is 10.1. The highest BCUT2D eigenvalue weighted by atomic mass is 32.2. The second kappa shape index (κ2) is 9.00. The molecule has 0 spiro atoms. The van der Waals surface area contributed by atoms with E-state index in [2.05, 4.69) is 33.3 Å². The van der Waals surface area contributed by atoms with E-state index in [4.69, 9.17) is 0 Å². The number of thiophene rings is 1. The first kappa shape index (κ1) is 20.7. The molecule has 0 bridgehead atoms. The van der Waals surface area contributed by atoms with Crippen LogP contribution in [-0.2, 0) is 27.8 Å². The zero-order chi connectivity index (χ0) is 20.1. The average molecular weight is 420 g/mol. The average Bonchev–Trinajstić information content (AvgIpc) is 3.18. The van der Waals surface area contributed by atoms with Crippen molar-refractivity contribution in [3.8, 4) is 0 Å². The molecule has 1 aromatic heterocycles. The van der Waals surface area contributed by atoms with E-state index in [1.54, 1.807) is 18.2 Å². The molecule has 150 valence electrons. The number of nitrogens with one attached hydrogen (secondary N) is 2. The summed E-state index contributed by atoms with van der Waals surface area (Å²) in [4.78, 5) is 16.2. The highest BCUT2D eigenvalue weighted by Crippen LogP contribution is 2.24. The molecular weight excluding hydrogens is 394 g/mol. The zero-order valence-electron chi connectivity index (χ0n) is 16.0. The van der Waals surface area contributed by atoms with E-state index in [9.17, 15) is 13.2 Å². The molecule has 1 unspecified atom stereocenters. The third-order valence-corrected chi connectivity index (χ3v) is 7.37. The summed E-state index contributed by atoms with van der Waals surface area (Å²) in [5.74, 6) is -0.160. The van der Waals surface area contributed by atoms with Gasteiger partial charge in [-0.3, -0.25) is 9.69 Å². The molecule has 2 aromatic rings. The number of fused-ring (bicyclic) bond motifs is 1. The van der Waals surface area contributed by atoms with Crippen molar-refractivity contribution in [2.75, 3.05) is 20.1 Å². The molecular formula is C20H25N3O3S2. The molecule has 2 N–H and O–H groups in total. The van der Waals surface area contributed by atoms with Gasteiger partial charge in [-0.05, 0) is 61.2 Å². The Morgan fingerprint density at radius 1 is 1.29 bits per heavy atom. The van der Waals surface area contributed by atoms with Crippen LogP contribution in [0, 0.1) is 0 Å². The monoisotopic (exact) mass is 419 g/mol. The van der Waals surface area contributed by atoms with Gasteiger partial charge in [-0.25, -0.2) is 13.1 Å². The van der Waals surface area contributed by atoms with Gasteiger partial charge in [0.15, 0.2) is 0 Å². The number of hydrogen-bond donors (Lipinski definition) is 2. The Labute approximate surface area is 170 Å². The molecule has 28 heavy (non-hydrogen) atoms. The number of sulfonamides is 1. The second-order valence-electron chi connectivity index (χ2n) is 6.79. The third kappa shape index (κ3) is 5.08. The van der Waals surface area contributed by atoms with Crippen LogP contribution in [0.3, 0.4) is 0 Å². The predicted molar refractivity (Wildman–Crippen MR) is 113 cm³/mol. The van der Waals surface area contributed by atoms with Gasteiger partial charge in [-0.2, -0.15) is 0 Å². The topological polar surface area (TPSA) is 78.5 Å². The number of benzene rings is 1. The summed E-state index contributed by atoms with van der Waals surface area (Å²) < 4.78 is 25.7. The standard InChI is InChI=1S/C20H25N3O3S2/c1-15(23-11-9-19-17(14-23)10-12-27-19)13-22-20(24)8-5-16-3-6-18(7-4-16)28(25,26)21-2/h3-8,10,12,15,21H,9,11,13-14H2,1-2H3,(H,22,24)/b8-5+. The summed E-state index contributed by atoms with van der Waals surface area (Å²) in [5, 5.41) is 5.09. The number of carbonyl (C=O) groups is 1. The van der Waals surface area contributed by atoms with Crippen LogP contribution in [-0.4, -0.2) is 45.4 Å². The Bertz CT molecular complexity index is 949. The summed E-state index contributed by atoms with van der Waals surface area (Å²) in [6.07, 6.45) is 4.22. The maximum absolute atomic E-state index is 12.1. The molecule has 1 aliphatic heterocycles. The van der Waals surface area contributed by atoms with E-state index in [-0.39, 0.29) is 16.8 Å². The van der Waals surface area contributed by atoms with Crippen LogP contribution in [0.2, 0.25) is 0 Å². The fourth-order valence-corrected chi connectivity index (χ4v) is 4.75. The zero-order valence-corrected chi connectivity index (χ0v) is 17.6. The van der Waals surface area contributed by atoms with Gasteiger partial charge in [-0.15, -0.1) is 11.3 Å². The molecule has 1 aliphatic rings. The molecule has 8 heteroatoms. The molecule has 0 radical (unpaired) electrons. The van der Waals surface area contributed by atoms with E-state index in [0.29, 0.717) is 6.54 Å². The van der Waals surface area contributed by atoms with E-state index in [1.807, 2.05) is 11.3 Å². The van der Waals surface area contributed by atoms with Crippen LogP contribution >= 0.6 is 11.3 Å². The summed E-state index contributed by atoms with van der Waals surface area (Å²) in [6.45, 7) is 4.67. The van der Waals surface area contributed by atoms with Gasteiger partial charge in [0.25, 0.3) is 0 Å². The molecule has 1 aromatic carbocycles. The number of carbonyl (C=O) groups excluding carboxylic acids is 1. The van der Waals surface area contributed by atoms with Crippen LogP contribution in [0.15, 0.2) is 46.7 Å². The maximum Gasteiger partial charge on any atom is 0.244 e. The lowest BCUT2D eigenvalue weighted by Crippen LogP contribution is -2.43. The van der Waals surface area contributed by atoms with Crippen molar-refractivity contribution in [1.29, 1.82) is 0 Å². The van der Waals surface area contributed by atoms with Crippen molar-refractivity contribution in [3.05, 3.63) is 57.8 Å². The summed E-state index contributed by atoms with van der Waals surface area (Å²) in [6, 6.07) is 8.82. The quantitative estimate of drug-likeness (QED) is 0.675.